The summed E-state index contributed by atoms with van der Waals surface area (Å²) in [6, 6.07) is 4.80. The van der Waals surface area contributed by atoms with Crippen molar-refractivity contribution in [3.05, 3.63) is 29.6 Å². The van der Waals surface area contributed by atoms with Crippen molar-refractivity contribution >= 4 is 17.4 Å². The molecule has 1 aliphatic heterocycles. The van der Waals surface area contributed by atoms with Crippen LogP contribution in [0.3, 0.4) is 0 Å². The molecule has 1 heterocycles. The minimum absolute atomic E-state index is 0.125. The van der Waals surface area contributed by atoms with E-state index in [0.29, 0.717) is 0 Å². The van der Waals surface area contributed by atoms with E-state index >= 15 is 0 Å². The van der Waals surface area contributed by atoms with Crippen molar-refractivity contribution < 1.29 is 4.39 Å². The highest BCUT2D eigenvalue weighted by molar-refractivity contribution is 7.99. The predicted octanol–water partition coefficient (Wildman–Crippen LogP) is 2.40. The number of thioether (sulfide) groups is 1. The first-order chi connectivity index (χ1) is 7.68. The molecule has 2 rings (SSSR count). The molecule has 1 atom stereocenters. The minimum atomic E-state index is -0.206. The Bertz CT molecular complexity index is 362. The lowest BCUT2D eigenvalue weighted by atomic mass is 10.1. The van der Waals surface area contributed by atoms with Crippen LogP contribution in [0.4, 0.5) is 10.1 Å². The van der Waals surface area contributed by atoms with Crippen molar-refractivity contribution in [2.75, 3.05) is 29.5 Å². The Morgan fingerprint density at radius 2 is 2.06 bits per heavy atom. The fourth-order valence-electron chi connectivity index (χ4n) is 1.98. The number of nitrogens with zero attached hydrogens (tertiary/aromatic N) is 1. The first-order valence-corrected chi connectivity index (χ1v) is 6.71. The highest BCUT2D eigenvalue weighted by atomic mass is 32.2. The average molecular weight is 240 g/mol. The molecule has 2 N–H and O–H groups in total. The van der Waals surface area contributed by atoms with Gasteiger partial charge in [-0.2, -0.15) is 11.8 Å². The molecule has 1 fully saturated rings. The van der Waals surface area contributed by atoms with Gasteiger partial charge in [-0.1, -0.05) is 0 Å². The van der Waals surface area contributed by atoms with E-state index < -0.39 is 0 Å². The lowest BCUT2D eigenvalue weighted by Crippen LogP contribution is -2.33. The Morgan fingerprint density at radius 3 is 2.69 bits per heavy atom. The molecule has 0 spiro atoms. The summed E-state index contributed by atoms with van der Waals surface area (Å²) in [5.74, 6) is 2.06. The summed E-state index contributed by atoms with van der Waals surface area (Å²) in [7, 11) is 0. The van der Waals surface area contributed by atoms with Gasteiger partial charge in [0, 0.05) is 36.3 Å². The van der Waals surface area contributed by atoms with Crippen LogP contribution in [0.5, 0.6) is 0 Å². The van der Waals surface area contributed by atoms with E-state index in [2.05, 4.69) is 4.90 Å². The number of benzene rings is 1. The van der Waals surface area contributed by atoms with Gasteiger partial charge in [0.1, 0.15) is 5.82 Å². The van der Waals surface area contributed by atoms with E-state index in [4.69, 9.17) is 5.73 Å². The summed E-state index contributed by atoms with van der Waals surface area (Å²) in [4.78, 5) is 2.30. The second kappa shape index (κ2) is 5.06. The van der Waals surface area contributed by atoms with Gasteiger partial charge in [0.15, 0.2) is 0 Å². The first kappa shape index (κ1) is 11.7. The average Bonchev–Trinajstić information content (AvgIpc) is 2.30. The number of rotatable bonds is 2. The minimum Gasteiger partial charge on any atom is -0.370 e. The molecule has 0 saturated carbocycles. The van der Waals surface area contributed by atoms with Gasteiger partial charge in [-0.25, -0.2) is 4.39 Å². The summed E-state index contributed by atoms with van der Waals surface area (Å²) in [6.45, 7) is 3.95. The molecule has 16 heavy (non-hydrogen) atoms. The van der Waals surface area contributed by atoms with E-state index in [0.717, 1.165) is 35.8 Å². The van der Waals surface area contributed by atoms with Gasteiger partial charge in [-0.3, -0.25) is 0 Å². The monoisotopic (exact) mass is 240 g/mol. The van der Waals surface area contributed by atoms with E-state index in [1.807, 2.05) is 24.8 Å². The van der Waals surface area contributed by atoms with Crippen LogP contribution >= 0.6 is 11.8 Å². The maximum Gasteiger partial charge on any atom is 0.123 e. The van der Waals surface area contributed by atoms with E-state index in [1.54, 1.807) is 6.07 Å². The topological polar surface area (TPSA) is 29.3 Å². The summed E-state index contributed by atoms with van der Waals surface area (Å²) in [5.41, 5.74) is 7.89. The van der Waals surface area contributed by atoms with Crippen molar-refractivity contribution in [1.29, 1.82) is 0 Å². The SMILES string of the molecule is CC(N)c1cc(F)ccc1N1CCSCC1. The smallest absolute Gasteiger partial charge is 0.123 e. The van der Waals surface area contributed by atoms with Crippen LogP contribution in [-0.2, 0) is 0 Å². The van der Waals surface area contributed by atoms with Crippen LogP contribution in [0, 0.1) is 5.82 Å². The lowest BCUT2D eigenvalue weighted by Gasteiger charge is -2.31. The molecule has 2 nitrogen and oxygen atoms in total. The van der Waals surface area contributed by atoms with Crippen LogP contribution in [0.25, 0.3) is 0 Å². The maximum atomic E-state index is 13.2. The third-order valence-corrected chi connectivity index (χ3v) is 3.77. The van der Waals surface area contributed by atoms with Crippen LogP contribution in [0.1, 0.15) is 18.5 Å². The third-order valence-electron chi connectivity index (χ3n) is 2.83. The maximum absolute atomic E-state index is 13.2. The molecular weight excluding hydrogens is 223 g/mol. The molecule has 4 heteroatoms. The molecule has 0 aliphatic carbocycles. The van der Waals surface area contributed by atoms with Crippen LogP contribution in [-0.4, -0.2) is 24.6 Å². The van der Waals surface area contributed by atoms with Gasteiger partial charge in [0.25, 0.3) is 0 Å². The second-order valence-corrected chi connectivity index (χ2v) is 5.32. The third kappa shape index (κ3) is 2.50. The van der Waals surface area contributed by atoms with Crippen molar-refractivity contribution in [2.24, 2.45) is 5.73 Å². The standard InChI is InChI=1S/C12H17FN2S/c1-9(14)11-8-10(13)2-3-12(11)15-4-6-16-7-5-15/h2-3,8-9H,4-7,14H2,1H3. The van der Waals surface area contributed by atoms with Crippen molar-refractivity contribution in [2.45, 2.75) is 13.0 Å². The van der Waals surface area contributed by atoms with Gasteiger partial charge >= 0.3 is 0 Å². The summed E-state index contributed by atoms with van der Waals surface area (Å²) in [6.07, 6.45) is 0. The number of anilines is 1. The van der Waals surface area contributed by atoms with Crippen LogP contribution in [0.2, 0.25) is 0 Å². The fourth-order valence-corrected chi connectivity index (χ4v) is 2.89. The molecule has 0 radical (unpaired) electrons. The van der Waals surface area contributed by atoms with Gasteiger partial charge < -0.3 is 10.6 Å². The predicted molar refractivity (Wildman–Crippen MR) is 68.5 cm³/mol. The quantitative estimate of drug-likeness (QED) is 0.860. The lowest BCUT2D eigenvalue weighted by molar-refractivity contribution is 0.621. The number of halogens is 1. The summed E-state index contributed by atoms with van der Waals surface area (Å²) >= 11 is 1.96. The Labute approximate surface area is 100 Å². The molecule has 0 bridgehead atoms. The zero-order valence-corrected chi connectivity index (χ0v) is 10.3. The molecule has 1 aromatic carbocycles. The normalized spacial score (nSPS) is 18.6. The second-order valence-electron chi connectivity index (χ2n) is 4.09. The fraction of sp³-hybridized carbons (Fsp3) is 0.500. The van der Waals surface area contributed by atoms with E-state index in [9.17, 15) is 4.39 Å². The number of hydrogen-bond acceptors (Lipinski definition) is 3. The van der Waals surface area contributed by atoms with Crippen molar-refractivity contribution in [1.82, 2.24) is 0 Å². The summed E-state index contributed by atoms with van der Waals surface area (Å²) < 4.78 is 13.2. The van der Waals surface area contributed by atoms with E-state index in [1.165, 1.54) is 6.07 Å². The van der Waals surface area contributed by atoms with Gasteiger partial charge in [-0.15, -0.1) is 0 Å². The van der Waals surface area contributed by atoms with Crippen molar-refractivity contribution in [3.63, 3.8) is 0 Å². The van der Waals surface area contributed by atoms with Gasteiger partial charge in [-0.05, 0) is 30.7 Å². The Hall–Kier alpha value is -0.740. The van der Waals surface area contributed by atoms with Gasteiger partial charge in [0.2, 0.25) is 0 Å². The van der Waals surface area contributed by atoms with E-state index in [-0.39, 0.29) is 11.9 Å². The highest BCUT2D eigenvalue weighted by Crippen LogP contribution is 2.28. The van der Waals surface area contributed by atoms with Crippen LogP contribution in [0.15, 0.2) is 18.2 Å². The number of nitrogens with two attached hydrogens (primary N) is 1. The van der Waals surface area contributed by atoms with Crippen LogP contribution < -0.4 is 10.6 Å². The molecule has 1 unspecified atom stereocenters. The molecule has 0 amide bonds. The zero-order chi connectivity index (χ0) is 11.5. The molecule has 1 aromatic rings. The van der Waals surface area contributed by atoms with Gasteiger partial charge in [0.05, 0.1) is 0 Å². The Kier molecular flexibility index (Phi) is 3.71. The Morgan fingerprint density at radius 1 is 1.38 bits per heavy atom. The largest absolute Gasteiger partial charge is 0.370 e. The molecule has 1 aliphatic rings. The molecule has 0 aromatic heterocycles. The first-order valence-electron chi connectivity index (χ1n) is 5.56. The zero-order valence-electron chi connectivity index (χ0n) is 9.45. The number of hydrogen-bond donors (Lipinski definition) is 1. The molecule has 88 valence electrons. The summed E-state index contributed by atoms with van der Waals surface area (Å²) in [5, 5.41) is 0. The highest BCUT2D eigenvalue weighted by Gasteiger charge is 2.16. The molecular formula is C12H17FN2S. The molecule has 1 saturated heterocycles. The Balaban J connectivity index is 2.31. The van der Waals surface area contributed by atoms with Crippen molar-refractivity contribution in [3.8, 4) is 0 Å².